The number of benzene rings is 2. The van der Waals surface area contributed by atoms with Crippen LogP contribution < -0.4 is 10.1 Å². The van der Waals surface area contributed by atoms with Gasteiger partial charge in [0.1, 0.15) is 18.0 Å². The van der Waals surface area contributed by atoms with Crippen molar-refractivity contribution in [2.75, 3.05) is 0 Å². The highest BCUT2D eigenvalue weighted by Gasteiger charge is 2.09. The third-order valence-electron chi connectivity index (χ3n) is 4.91. The molecule has 1 amide bonds. The number of H-pyrrole nitrogens is 1. The number of pyridine rings is 1. The highest BCUT2D eigenvalue weighted by molar-refractivity contribution is 5.94. The highest BCUT2D eigenvalue weighted by atomic mass is 16.5. The van der Waals surface area contributed by atoms with Crippen LogP contribution in [0.25, 0.3) is 17.0 Å². The first-order chi connectivity index (χ1) is 15.7. The Kier molecular flexibility index (Phi) is 5.27. The zero-order valence-corrected chi connectivity index (χ0v) is 17.0. The van der Waals surface area contributed by atoms with Crippen molar-refractivity contribution in [1.29, 1.82) is 0 Å². The molecule has 0 bridgehead atoms. The van der Waals surface area contributed by atoms with E-state index in [9.17, 15) is 4.79 Å². The summed E-state index contributed by atoms with van der Waals surface area (Å²) < 4.78 is 7.79. The minimum Gasteiger partial charge on any atom is -0.487 e. The molecule has 3 heterocycles. The molecule has 0 saturated carbocycles. The lowest BCUT2D eigenvalue weighted by Crippen LogP contribution is -2.22. The molecule has 0 unspecified atom stereocenters. The molecule has 0 aliphatic heterocycles. The number of imidazole rings is 1. The van der Waals surface area contributed by atoms with Gasteiger partial charge in [0, 0.05) is 30.1 Å². The molecule has 9 nitrogen and oxygen atoms in total. The predicted octanol–water partition coefficient (Wildman–Crippen LogP) is 3.02. The van der Waals surface area contributed by atoms with Crippen molar-refractivity contribution >= 4 is 11.6 Å². The third-order valence-corrected chi connectivity index (χ3v) is 4.91. The Morgan fingerprint density at radius 1 is 1.06 bits per heavy atom. The normalized spacial score (nSPS) is 10.9. The Labute approximate surface area is 183 Å². The molecule has 0 spiro atoms. The van der Waals surface area contributed by atoms with E-state index >= 15 is 0 Å². The second-order valence-electron chi connectivity index (χ2n) is 7.13. The minimum atomic E-state index is -0.176. The monoisotopic (exact) mass is 425 g/mol. The number of rotatable bonds is 7. The smallest absolute Gasteiger partial charge is 0.251 e. The molecule has 2 aromatic carbocycles. The molecule has 3 aromatic heterocycles. The van der Waals surface area contributed by atoms with Crippen LogP contribution in [0.2, 0.25) is 0 Å². The molecule has 32 heavy (non-hydrogen) atoms. The average Bonchev–Trinajstić information content (AvgIpc) is 3.52. The molecule has 0 radical (unpaired) electrons. The van der Waals surface area contributed by atoms with E-state index in [0.29, 0.717) is 30.3 Å². The van der Waals surface area contributed by atoms with E-state index in [1.807, 2.05) is 65.3 Å². The van der Waals surface area contributed by atoms with E-state index in [0.717, 1.165) is 22.5 Å². The van der Waals surface area contributed by atoms with E-state index < -0.39 is 0 Å². The van der Waals surface area contributed by atoms with Gasteiger partial charge >= 0.3 is 0 Å². The number of carbonyl (C=O) groups excluding carboxylic acids is 1. The summed E-state index contributed by atoms with van der Waals surface area (Å²) in [6, 6.07) is 20.5. The summed E-state index contributed by atoms with van der Waals surface area (Å²) in [4.78, 5) is 17.1. The third kappa shape index (κ3) is 4.31. The van der Waals surface area contributed by atoms with Gasteiger partial charge in [-0.25, -0.2) is 4.98 Å². The first kappa shape index (κ1) is 19.4. The lowest BCUT2D eigenvalue weighted by molar-refractivity contribution is 0.0950. The number of hydrogen-bond acceptors (Lipinski definition) is 6. The quantitative estimate of drug-likeness (QED) is 0.415. The molecule has 0 aliphatic carbocycles. The topological polar surface area (TPSA) is 110 Å². The van der Waals surface area contributed by atoms with Gasteiger partial charge in [0.15, 0.2) is 0 Å². The van der Waals surface area contributed by atoms with Crippen molar-refractivity contribution in [1.82, 2.24) is 35.3 Å². The Balaban J connectivity index is 1.18. The summed E-state index contributed by atoms with van der Waals surface area (Å²) in [6.07, 6.45) is 3.87. The number of carbonyl (C=O) groups is 1. The minimum absolute atomic E-state index is 0.176. The van der Waals surface area contributed by atoms with Crippen molar-refractivity contribution in [2.24, 2.45) is 0 Å². The number of aromatic nitrogens is 6. The number of nitrogens with zero attached hydrogens (tertiary/aromatic N) is 5. The maximum absolute atomic E-state index is 12.6. The van der Waals surface area contributed by atoms with Crippen LogP contribution in [-0.4, -0.2) is 35.9 Å². The SMILES string of the molecule is O=C(NCc1ccc(-c2nn[nH]n2)cc1)c1cccc(OCc2cn3ccccc3n2)c1. The van der Waals surface area contributed by atoms with Gasteiger partial charge in [-0.05, 0) is 41.1 Å². The Bertz CT molecular complexity index is 1310. The summed E-state index contributed by atoms with van der Waals surface area (Å²) >= 11 is 0. The zero-order chi connectivity index (χ0) is 21.8. The van der Waals surface area contributed by atoms with Gasteiger partial charge in [-0.15, -0.1) is 10.2 Å². The average molecular weight is 425 g/mol. The van der Waals surface area contributed by atoms with Gasteiger partial charge < -0.3 is 14.5 Å². The highest BCUT2D eigenvalue weighted by Crippen LogP contribution is 2.17. The second-order valence-corrected chi connectivity index (χ2v) is 7.13. The van der Waals surface area contributed by atoms with E-state index in [1.165, 1.54) is 0 Å². The lowest BCUT2D eigenvalue weighted by atomic mass is 10.1. The van der Waals surface area contributed by atoms with Gasteiger partial charge in [-0.3, -0.25) is 4.79 Å². The molecule has 9 heteroatoms. The molecule has 0 atom stereocenters. The number of fused-ring (bicyclic) bond motifs is 1. The van der Waals surface area contributed by atoms with Crippen molar-refractivity contribution in [3.63, 3.8) is 0 Å². The van der Waals surface area contributed by atoms with E-state index in [4.69, 9.17) is 4.74 Å². The number of amides is 1. The number of nitrogens with one attached hydrogen (secondary N) is 2. The summed E-state index contributed by atoms with van der Waals surface area (Å²) in [5.41, 5.74) is 4.02. The molecule has 2 N–H and O–H groups in total. The van der Waals surface area contributed by atoms with Crippen LogP contribution in [0.1, 0.15) is 21.6 Å². The molecule has 0 aliphatic rings. The fourth-order valence-electron chi connectivity index (χ4n) is 3.28. The van der Waals surface area contributed by atoms with Gasteiger partial charge in [0.05, 0.1) is 5.69 Å². The van der Waals surface area contributed by atoms with Crippen LogP contribution in [0, 0.1) is 0 Å². The van der Waals surface area contributed by atoms with Gasteiger partial charge in [0.25, 0.3) is 5.91 Å². The van der Waals surface area contributed by atoms with Crippen LogP contribution >= 0.6 is 0 Å². The van der Waals surface area contributed by atoms with Gasteiger partial charge in [-0.2, -0.15) is 5.21 Å². The standard InChI is InChI=1S/C23H19N7O2/c31-23(24-13-16-7-9-17(10-8-16)22-26-28-29-27-22)18-4-3-5-20(12-18)32-15-19-14-30-11-2-1-6-21(30)25-19/h1-12,14H,13,15H2,(H,24,31)(H,26,27,28,29). The van der Waals surface area contributed by atoms with Crippen LogP contribution in [0.15, 0.2) is 79.1 Å². The van der Waals surface area contributed by atoms with Gasteiger partial charge in [0.2, 0.25) is 5.82 Å². The number of tetrazole rings is 1. The van der Waals surface area contributed by atoms with Crippen molar-refractivity contribution in [3.05, 3.63) is 95.9 Å². The number of hydrogen-bond donors (Lipinski definition) is 2. The van der Waals surface area contributed by atoms with Crippen LogP contribution in [0.4, 0.5) is 0 Å². The van der Waals surface area contributed by atoms with Crippen molar-refractivity contribution in [2.45, 2.75) is 13.2 Å². The molecular weight excluding hydrogens is 406 g/mol. The second kappa shape index (κ2) is 8.68. The summed E-state index contributed by atoms with van der Waals surface area (Å²) in [5, 5.41) is 16.8. The largest absolute Gasteiger partial charge is 0.487 e. The summed E-state index contributed by atoms with van der Waals surface area (Å²) in [7, 11) is 0. The molecular formula is C23H19N7O2. The molecule has 0 saturated heterocycles. The predicted molar refractivity (Wildman–Crippen MR) is 117 cm³/mol. The van der Waals surface area contributed by atoms with Crippen molar-refractivity contribution in [3.8, 4) is 17.1 Å². The number of aromatic amines is 1. The maximum atomic E-state index is 12.6. The van der Waals surface area contributed by atoms with Crippen molar-refractivity contribution < 1.29 is 9.53 Å². The van der Waals surface area contributed by atoms with E-state index in [-0.39, 0.29) is 5.91 Å². The van der Waals surface area contributed by atoms with Crippen LogP contribution in [-0.2, 0) is 13.2 Å². The Hall–Kier alpha value is -4.53. The summed E-state index contributed by atoms with van der Waals surface area (Å²) in [6.45, 7) is 0.719. The first-order valence-electron chi connectivity index (χ1n) is 10.0. The zero-order valence-electron chi connectivity index (χ0n) is 17.0. The Morgan fingerprint density at radius 3 is 2.78 bits per heavy atom. The summed E-state index contributed by atoms with van der Waals surface area (Å²) in [5.74, 6) is 0.964. The fourth-order valence-corrected chi connectivity index (χ4v) is 3.28. The first-order valence-corrected chi connectivity index (χ1v) is 10.0. The molecule has 5 rings (SSSR count). The molecule has 5 aromatic rings. The van der Waals surface area contributed by atoms with E-state index in [1.54, 1.807) is 18.2 Å². The van der Waals surface area contributed by atoms with E-state index in [2.05, 4.69) is 30.9 Å². The van der Waals surface area contributed by atoms with Crippen LogP contribution in [0.5, 0.6) is 5.75 Å². The maximum Gasteiger partial charge on any atom is 0.251 e. The van der Waals surface area contributed by atoms with Gasteiger partial charge in [-0.1, -0.05) is 36.4 Å². The lowest BCUT2D eigenvalue weighted by Gasteiger charge is -2.08. The molecule has 158 valence electrons. The molecule has 0 fully saturated rings. The Morgan fingerprint density at radius 2 is 1.97 bits per heavy atom. The van der Waals surface area contributed by atoms with Crippen LogP contribution in [0.3, 0.4) is 0 Å². The fraction of sp³-hybridized carbons (Fsp3) is 0.0870. The number of ether oxygens (including phenoxy) is 1.